The van der Waals surface area contributed by atoms with Crippen molar-refractivity contribution in [3.05, 3.63) is 0 Å². The highest BCUT2D eigenvalue weighted by molar-refractivity contribution is 5.69. The van der Waals surface area contributed by atoms with Crippen molar-refractivity contribution in [2.45, 2.75) is 90.4 Å². The highest BCUT2D eigenvalue weighted by Crippen LogP contribution is 2.09. The van der Waals surface area contributed by atoms with Gasteiger partial charge in [0.1, 0.15) is 0 Å². The third-order valence-corrected chi connectivity index (χ3v) is 4.12. The van der Waals surface area contributed by atoms with Crippen LogP contribution in [0.15, 0.2) is 0 Å². The molecule has 26 heavy (non-hydrogen) atoms. The number of nitrogens with one attached hydrogen (secondary N) is 1. The van der Waals surface area contributed by atoms with Gasteiger partial charge in [-0.3, -0.25) is 4.79 Å². The molecule has 150 valence electrons. The smallest absolute Gasteiger partial charge is 0.408 e. The van der Waals surface area contributed by atoms with Gasteiger partial charge in [0.25, 0.3) is 0 Å². The molecule has 0 fully saturated rings. The molecule has 5 heteroatoms. The van der Waals surface area contributed by atoms with Gasteiger partial charge < -0.3 is 14.8 Å². The SMILES string of the molecule is C#CCOC(=O)NCCCCCC(=O)OCCCCCCCCCCC. The van der Waals surface area contributed by atoms with E-state index in [4.69, 9.17) is 11.2 Å². The maximum Gasteiger partial charge on any atom is 0.408 e. The van der Waals surface area contributed by atoms with Crippen LogP contribution in [0.25, 0.3) is 0 Å². The summed E-state index contributed by atoms with van der Waals surface area (Å²) in [4.78, 5) is 22.7. The molecule has 0 atom stereocenters. The van der Waals surface area contributed by atoms with Crippen molar-refractivity contribution < 1.29 is 19.1 Å². The molecule has 0 spiro atoms. The summed E-state index contributed by atoms with van der Waals surface area (Å²) in [6, 6.07) is 0. The topological polar surface area (TPSA) is 64.6 Å². The van der Waals surface area contributed by atoms with Gasteiger partial charge in [0.2, 0.25) is 0 Å². The number of amides is 1. The quantitative estimate of drug-likeness (QED) is 0.224. The summed E-state index contributed by atoms with van der Waals surface area (Å²) in [5, 5.41) is 2.61. The molecule has 0 aliphatic carbocycles. The third kappa shape index (κ3) is 18.6. The molecule has 0 aliphatic rings. The zero-order valence-electron chi connectivity index (χ0n) is 16.5. The Bertz CT molecular complexity index is 390. The van der Waals surface area contributed by atoms with Crippen molar-refractivity contribution in [1.29, 1.82) is 0 Å². The van der Waals surface area contributed by atoms with Crippen LogP contribution in [-0.4, -0.2) is 31.8 Å². The van der Waals surface area contributed by atoms with E-state index in [0.29, 0.717) is 19.6 Å². The Morgan fingerprint density at radius 1 is 0.846 bits per heavy atom. The molecule has 0 aliphatic heterocycles. The largest absolute Gasteiger partial charge is 0.466 e. The second-order valence-corrected chi connectivity index (χ2v) is 6.57. The zero-order valence-corrected chi connectivity index (χ0v) is 16.5. The molecule has 0 unspecified atom stereocenters. The first-order chi connectivity index (χ1) is 12.7. The number of hydrogen-bond donors (Lipinski definition) is 1. The van der Waals surface area contributed by atoms with Crippen molar-refractivity contribution in [3.63, 3.8) is 0 Å². The Morgan fingerprint density at radius 2 is 1.46 bits per heavy atom. The number of carbonyl (C=O) groups excluding carboxylic acids is 2. The van der Waals surface area contributed by atoms with Crippen LogP contribution in [0, 0.1) is 12.3 Å². The molecule has 0 heterocycles. The van der Waals surface area contributed by atoms with Crippen LogP contribution in [-0.2, 0) is 14.3 Å². The van der Waals surface area contributed by atoms with E-state index in [1.54, 1.807) is 0 Å². The van der Waals surface area contributed by atoms with E-state index in [0.717, 1.165) is 32.1 Å². The summed E-state index contributed by atoms with van der Waals surface area (Å²) < 4.78 is 9.92. The van der Waals surface area contributed by atoms with E-state index in [9.17, 15) is 9.59 Å². The van der Waals surface area contributed by atoms with Gasteiger partial charge >= 0.3 is 12.1 Å². The van der Waals surface area contributed by atoms with Gasteiger partial charge in [-0.25, -0.2) is 4.79 Å². The first kappa shape index (κ1) is 24.3. The first-order valence-corrected chi connectivity index (χ1v) is 10.2. The summed E-state index contributed by atoms with van der Waals surface area (Å²) in [7, 11) is 0. The number of rotatable bonds is 17. The highest BCUT2D eigenvalue weighted by atomic mass is 16.5. The lowest BCUT2D eigenvalue weighted by atomic mass is 10.1. The highest BCUT2D eigenvalue weighted by Gasteiger charge is 2.03. The lowest BCUT2D eigenvalue weighted by Gasteiger charge is -2.06. The predicted molar refractivity (Wildman–Crippen MR) is 105 cm³/mol. The molecule has 1 amide bonds. The Kier molecular flexibility index (Phi) is 18.3. The molecular formula is C21H37NO4. The van der Waals surface area contributed by atoms with Crippen molar-refractivity contribution in [1.82, 2.24) is 5.32 Å². The van der Waals surface area contributed by atoms with Gasteiger partial charge in [-0.1, -0.05) is 70.6 Å². The number of unbranched alkanes of at least 4 members (excludes halogenated alkanes) is 10. The van der Waals surface area contributed by atoms with Crippen LogP contribution >= 0.6 is 0 Å². The lowest BCUT2D eigenvalue weighted by molar-refractivity contribution is -0.143. The van der Waals surface area contributed by atoms with Gasteiger partial charge in [0, 0.05) is 13.0 Å². The minimum atomic E-state index is -0.497. The second kappa shape index (κ2) is 19.6. The minimum Gasteiger partial charge on any atom is -0.466 e. The maximum absolute atomic E-state index is 11.6. The fourth-order valence-corrected chi connectivity index (χ4v) is 2.59. The van der Waals surface area contributed by atoms with Crippen LogP contribution in [0.4, 0.5) is 4.79 Å². The predicted octanol–water partition coefficient (Wildman–Crippen LogP) is 4.98. The molecule has 0 aromatic heterocycles. The molecule has 0 saturated heterocycles. The minimum absolute atomic E-state index is 0.0172. The fourth-order valence-electron chi connectivity index (χ4n) is 2.59. The summed E-state index contributed by atoms with van der Waals surface area (Å²) >= 11 is 0. The number of alkyl carbamates (subject to hydrolysis) is 1. The molecule has 0 aromatic rings. The third-order valence-electron chi connectivity index (χ3n) is 4.12. The molecule has 5 nitrogen and oxygen atoms in total. The van der Waals surface area contributed by atoms with E-state index in [2.05, 4.69) is 22.9 Å². The average molecular weight is 368 g/mol. The number of ether oxygens (including phenoxy) is 2. The van der Waals surface area contributed by atoms with Gasteiger partial charge in [-0.15, -0.1) is 6.42 Å². The van der Waals surface area contributed by atoms with Crippen molar-refractivity contribution in [2.24, 2.45) is 0 Å². The Hall–Kier alpha value is -1.70. The van der Waals surface area contributed by atoms with Crippen LogP contribution in [0.5, 0.6) is 0 Å². The van der Waals surface area contributed by atoms with E-state index in [1.165, 1.54) is 44.9 Å². The molecule has 0 saturated carbocycles. The van der Waals surface area contributed by atoms with Crippen LogP contribution in [0.1, 0.15) is 90.4 Å². The van der Waals surface area contributed by atoms with Gasteiger partial charge in [0.05, 0.1) is 6.61 Å². The van der Waals surface area contributed by atoms with Crippen molar-refractivity contribution in [3.8, 4) is 12.3 Å². The Labute approximate surface area is 159 Å². The van der Waals surface area contributed by atoms with E-state index in [-0.39, 0.29) is 12.6 Å². The lowest BCUT2D eigenvalue weighted by Crippen LogP contribution is -2.25. The van der Waals surface area contributed by atoms with Crippen LogP contribution < -0.4 is 5.32 Å². The van der Waals surface area contributed by atoms with E-state index in [1.807, 2.05) is 0 Å². The number of carbonyl (C=O) groups is 2. The average Bonchev–Trinajstić information content (AvgIpc) is 2.64. The monoisotopic (exact) mass is 367 g/mol. The summed E-state index contributed by atoms with van der Waals surface area (Å²) in [5.74, 6) is 2.11. The first-order valence-electron chi connectivity index (χ1n) is 10.2. The van der Waals surface area contributed by atoms with Crippen molar-refractivity contribution in [2.75, 3.05) is 19.8 Å². The Morgan fingerprint density at radius 3 is 2.12 bits per heavy atom. The standard InChI is InChI=1S/C21H37NO4/c1-3-5-6-7-8-9-10-11-15-19-25-20(23)16-13-12-14-17-22-21(24)26-18-4-2/h2H,3,5-19H2,1H3,(H,22,24). The zero-order chi connectivity index (χ0) is 19.3. The molecular weight excluding hydrogens is 330 g/mol. The van der Waals surface area contributed by atoms with Gasteiger partial charge in [-0.05, 0) is 19.3 Å². The second-order valence-electron chi connectivity index (χ2n) is 6.57. The number of esters is 1. The number of terminal acetylenes is 1. The molecule has 0 radical (unpaired) electrons. The van der Waals surface area contributed by atoms with Crippen LogP contribution in [0.2, 0.25) is 0 Å². The molecule has 0 bridgehead atoms. The summed E-state index contributed by atoms with van der Waals surface area (Å²) in [6.45, 7) is 3.28. The summed E-state index contributed by atoms with van der Waals surface area (Å²) in [5.41, 5.74) is 0. The molecule has 1 N–H and O–H groups in total. The molecule has 0 rings (SSSR count). The van der Waals surface area contributed by atoms with Crippen molar-refractivity contribution >= 4 is 12.1 Å². The van der Waals surface area contributed by atoms with Gasteiger partial charge in [-0.2, -0.15) is 0 Å². The fraction of sp³-hybridized carbons (Fsp3) is 0.810. The molecule has 0 aromatic carbocycles. The maximum atomic E-state index is 11.6. The van der Waals surface area contributed by atoms with E-state index < -0.39 is 6.09 Å². The van der Waals surface area contributed by atoms with Crippen LogP contribution in [0.3, 0.4) is 0 Å². The number of hydrogen-bond acceptors (Lipinski definition) is 4. The Balaban J connectivity index is 3.25. The normalized spacial score (nSPS) is 10.2. The van der Waals surface area contributed by atoms with E-state index >= 15 is 0 Å². The summed E-state index contributed by atoms with van der Waals surface area (Å²) in [6.07, 6.45) is 18.7. The van der Waals surface area contributed by atoms with Gasteiger partial charge in [0.15, 0.2) is 6.61 Å².